The van der Waals surface area contributed by atoms with E-state index in [2.05, 4.69) is 89.3 Å². The maximum absolute atomic E-state index is 2.33. The van der Waals surface area contributed by atoms with Gasteiger partial charge in [-0.25, -0.2) is 0 Å². The van der Waals surface area contributed by atoms with Crippen molar-refractivity contribution in [2.45, 2.75) is 19.3 Å². The van der Waals surface area contributed by atoms with Gasteiger partial charge in [-0.2, -0.15) is 0 Å². The van der Waals surface area contributed by atoms with Crippen LogP contribution in [0.3, 0.4) is 0 Å². The lowest BCUT2D eigenvalue weighted by molar-refractivity contribution is 0.845. The lowest BCUT2D eigenvalue weighted by Gasteiger charge is -1.98. The lowest BCUT2D eigenvalue weighted by Crippen LogP contribution is -1.82. The van der Waals surface area contributed by atoms with E-state index in [1.54, 1.807) is 0 Å². The van der Waals surface area contributed by atoms with E-state index in [1.165, 1.54) is 21.1 Å². The van der Waals surface area contributed by atoms with Gasteiger partial charge in [0.2, 0.25) is 0 Å². The maximum atomic E-state index is 2.33. The number of unbranched alkanes of at least 4 members (excludes halogenated alkanes) is 1. The van der Waals surface area contributed by atoms with Crippen molar-refractivity contribution < 1.29 is 0 Å². The normalized spacial score (nSPS) is 10.9. The van der Waals surface area contributed by atoms with Crippen molar-refractivity contribution in [2.75, 3.05) is 0 Å². The quantitative estimate of drug-likeness (QED) is 0.506. The highest BCUT2D eigenvalue weighted by atomic mass is 127. The molecule has 0 N–H and O–H groups in total. The third kappa shape index (κ3) is 4.65. The second-order valence-corrected chi connectivity index (χ2v) is 5.58. The first-order valence-corrected chi connectivity index (χ1v) is 7.38. The third-order valence-electron chi connectivity index (χ3n) is 2.86. The molecule has 0 aliphatic carbocycles. The van der Waals surface area contributed by atoms with Crippen molar-refractivity contribution in [3.05, 3.63) is 75.4 Å². The number of hydrogen-bond donors (Lipinski definition) is 0. The number of aryl methyl sites for hydroxylation is 1. The van der Waals surface area contributed by atoms with E-state index in [0.29, 0.717) is 0 Å². The molecule has 92 valence electrons. The molecule has 2 aromatic rings. The zero-order valence-electron chi connectivity index (χ0n) is 10.4. The Bertz CT molecular complexity index is 483. The van der Waals surface area contributed by atoms with Gasteiger partial charge in [-0.1, -0.05) is 54.6 Å². The van der Waals surface area contributed by atoms with Gasteiger partial charge < -0.3 is 0 Å². The van der Waals surface area contributed by atoms with E-state index in [1.807, 2.05) is 0 Å². The summed E-state index contributed by atoms with van der Waals surface area (Å²) in [6, 6.07) is 19.3. The Morgan fingerprint density at radius 1 is 0.889 bits per heavy atom. The van der Waals surface area contributed by atoms with Crippen LogP contribution in [-0.2, 0) is 6.42 Å². The fourth-order valence-electron chi connectivity index (χ4n) is 1.86. The summed E-state index contributed by atoms with van der Waals surface area (Å²) in [5, 5.41) is 0. The molecule has 0 saturated carbocycles. The third-order valence-corrected chi connectivity index (χ3v) is 3.58. The summed E-state index contributed by atoms with van der Waals surface area (Å²) in [6.45, 7) is 0. The molecular formula is C17H17I. The molecule has 0 radical (unpaired) electrons. The van der Waals surface area contributed by atoms with Crippen LogP contribution in [0.5, 0.6) is 0 Å². The summed E-state index contributed by atoms with van der Waals surface area (Å²) >= 11 is 2.33. The Labute approximate surface area is 123 Å². The standard InChI is InChI=1S/C17H17I/c18-17-13-11-16(12-14-17)10-6-2-5-9-15-7-3-1-4-8-15/h1,3-4,6-8,10-14H,2,5,9H2. The van der Waals surface area contributed by atoms with Crippen LogP contribution in [0.25, 0.3) is 6.08 Å². The van der Waals surface area contributed by atoms with E-state index < -0.39 is 0 Å². The first kappa shape index (κ1) is 13.3. The molecule has 0 nitrogen and oxygen atoms in total. The predicted octanol–water partition coefficient (Wildman–Crippen LogP) is 5.33. The fourth-order valence-corrected chi connectivity index (χ4v) is 2.22. The van der Waals surface area contributed by atoms with Crippen LogP contribution < -0.4 is 0 Å². The number of rotatable bonds is 5. The van der Waals surface area contributed by atoms with Crippen LogP contribution in [0.1, 0.15) is 24.0 Å². The van der Waals surface area contributed by atoms with Gasteiger partial charge in [0.15, 0.2) is 0 Å². The summed E-state index contributed by atoms with van der Waals surface area (Å²) in [4.78, 5) is 0. The van der Waals surface area contributed by atoms with Crippen molar-refractivity contribution in [3.63, 3.8) is 0 Å². The SMILES string of the molecule is Ic1ccc(C=CCCCc2ccccc2)cc1. The topological polar surface area (TPSA) is 0 Å². The molecule has 0 fully saturated rings. The average Bonchev–Trinajstić information content (AvgIpc) is 2.42. The van der Waals surface area contributed by atoms with E-state index in [0.717, 1.165) is 12.8 Å². The predicted molar refractivity (Wildman–Crippen MR) is 87.6 cm³/mol. The van der Waals surface area contributed by atoms with Gasteiger partial charge in [0.25, 0.3) is 0 Å². The summed E-state index contributed by atoms with van der Waals surface area (Å²) in [5.41, 5.74) is 2.72. The molecule has 18 heavy (non-hydrogen) atoms. The zero-order valence-corrected chi connectivity index (χ0v) is 12.5. The minimum Gasteiger partial charge on any atom is -0.0839 e. The Hall–Kier alpha value is -1.09. The van der Waals surface area contributed by atoms with Gasteiger partial charge >= 0.3 is 0 Å². The fraction of sp³-hybridized carbons (Fsp3) is 0.176. The van der Waals surface area contributed by atoms with Crippen molar-refractivity contribution in [1.82, 2.24) is 0 Å². The van der Waals surface area contributed by atoms with Gasteiger partial charge in [0.05, 0.1) is 0 Å². The average molecular weight is 348 g/mol. The van der Waals surface area contributed by atoms with Crippen LogP contribution in [0.2, 0.25) is 0 Å². The van der Waals surface area contributed by atoms with Gasteiger partial charge in [-0.05, 0) is 65.1 Å². The summed E-state index contributed by atoms with van der Waals surface area (Å²) in [5.74, 6) is 0. The van der Waals surface area contributed by atoms with Crippen molar-refractivity contribution >= 4 is 28.7 Å². The minimum atomic E-state index is 1.14. The molecule has 0 aromatic heterocycles. The molecule has 0 amide bonds. The Balaban J connectivity index is 1.74. The summed E-state index contributed by atoms with van der Waals surface area (Å²) in [6.07, 6.45) is 8.00. The molecule has 0 unspecified atom stereocenters. The first-order valence-electron chi connectivity index (χ1n) is 6.30. The number of allylic oxidation sites excluding steroid dienone is 1. The Morgan fingerprint density at radius 3 is 2.33 bits per heavy atom. The molecule has 0 saturated heterocycles. The smallest absolute Gasteiger partial charge is 0.0130 e. The minimum absolute atomic E-state index is 1.14. The lowest BCUT2D eigenvalue weighted by atomic mass is 10.1. The van der Waals surface area contributed by atoms with Crippen LogP contribution in [-0.4, -0.2) is 0 Å². The zero-order chi connectivity index (χ0) is 12.6. The first-order chi connectivity index (χ1) is 8.84. The number of hydrogen-bond acceptors (Lipinski definition) is 0. The monoisotopic (exact) mass is 348 g/mol. The van der Waals surface area contributed by atoms with Gasteiger partial charge in [0, 0.05) is 3.57 Å². The van der Waals surface area contributed by atoms with Gasteiger partial charge in [-0.15, -0.1) is 0 Å². The largest absolute Gasteiger partial charge is 0.0839 e. The van der Waals surface area contributed by atoms with Crippen LogP contribution in [0, 0.1) is 3.57 Å². The highest BCUT2D eigenvalue weighted by molar-refractivity contribution is 14.1. The van der Waals surface area contributed by atoms with Crippen LogP contribution in [0.15, 0.2) is 60.7 Å². The Morgan fingerprint density at radius 2 is 1.61 bits per heavy atom. The van der Waals surface area contributed by atoms with Gasteiger partial charge in [0.1, 0.15) is 0 Å². The molecule has 0 aliphatic heterocycles. The van der Waals surface area contributed by atoms with E-state index in [4.69, 9.17) is 0 Å². The molecule has 2 rings (SSSR count). The number of halogens is 1. The molecule has 0 heterocycles. The summed E-state index contributed by atoms with van der Waals surface area (Å²) < 4.78 is 1.29. The van der Waals surface area contributed by atoms with E-state index in [9.17, 15) is 0 Å². The van der Waals surface area contributed by atoms with Crippen LogP contribution >= 0.6 is 22.6 Å². The summed E-state index contributed by atoms with van der Waals surface area (Å²) in [7, 11) is 0. The molecular weight excluding hydrogens is 331 g/mol. The molecule has 0 atom stereocenters. The second-order valence-electron chi connectivity index (χ2n) is 4.33. The number of benzene rings is 2. The molecule has 1 heteroatoms. The molecule has 0 spiro atoms. The van der Waals surface area contributed by atoms with Crippen LogP contribution in [0.4, 0.5) is 0 Å². The highest BCUT2D eigenvalue weighted by Gasteiger charge is 1.90. The van der Waals surface area contributed by atoms with E-state index >= 15 is 0 Å². The van der Waals surface area contributed by atoms with E-state index in [-0.39, 0.29) is 0 Å². The highest BCUT2D eigenvalue weighted by Crippen LogP contribution is 2.10. The molecule has 0 aliphatic rings. The maximum Gasteiger partial charge on any atom is 0.0130 e. The van der Waals surface area contributed by atoms with Crippen molar-refractivity contribution in [3.8, 4) is 0 Å². The van der Waals surface area contributed by atoms with Crippen molar-refractivity contribution in [2.24, 2.45) is 0 Å². The van der Waals surface area contributed by atoms with Gasteiger partial charge in [-0.3, -0.25) is 0 Å². The van der Waals surface area contributed by atoms with Crippen molar-refractivity contribution in [1.29, 1.82) is 0 Å². The Kier molecular flexibility index (Phi) is 5.46. The molecule has 2 aromatic carbocycles. The second kappa shape index (κ2) is 7.37. The molecule has 0 bridgehead atoms.